The van der Waals surface area contributed by atoms with Gasteiger partial charge in [-0.2, -0.15) is 9.82 Å². The normalized spacial score (nSPS) is 18.4. The number of nitrogens with zero attached hydrogens (tertiary/aromatic N) is 5. The van der Waals surface area contributed by atoms with Gasteiger partial charge in [0.2, 0.25) is 5.91 Å². The molecule has 1 amide bonds. The van der Waals surface area contributed by atoms with E-state index in [1.54, 1.807) is 26.4 Å². The SMILES string of the molecule is CCn1nccc1N1CCC[C@H](NS(=O)(=O)c2cn(CC(C)C)cn2)C1=O. The van der Waals surface area contributed by atoms with E-state index < -0.39 is 16.1 Å². The molecule has 0 bridgehead atoms. The molecule has 1 saturated heterocycles. The largest absolute Gasteiger partial charge is 0.336 e. The summed E-state index contributed by atoms with van der Waals surface area (Å²) < 4.78 is 31.4. The fourth-order valence-electron chi connectivity index (χ4n) is 3.26. The molecule has 1 aliphatic heterocycles. The van der Waals surface area contributed by atoms with E-state index in [1.165, 1.54) is 12.5 Å². The van der Waals surface area contributed by atoms with Crippen molar-refractivity contribution < 1.29 is 13.2 Å². The van der Waals surface area contributed by atoms with Crippen LogP contribution in [0.4, 0.5) is 5.82 Å². The summed E-state index contributed by atoms with van der Waals surface area (Å²) >= 11 is 0. The molecule has 0 saturated carbocycles. The van der Waals surface area contributed by atoms with Crippen molar-refractivity contribution in [2.24, 2.45) is 5.92 Å². The van der Waals surface area contributed by atoms with E-state index in [0.29, 0.717) is 44.2 Å². The molecule has 10 heteroatoms. The number of carbonyl (C=O) groups excluding carboxylic acids is 1. The van der Waals surface area contributed by atoms with Crippen LogP contribution in [-0.2, 0) is 27.9 Å². The predicted molar refractivity (Wildman–Crippen MR) is 101 cm³/mol. The average Bonchev–Trinajstić information content (AvgIpc) is 3.25. The van der Waals surface area contributed by atoms with Crippen LogP contribution in [0.1, 0.15) is 33.6 Å². The second-order valence-electron chi connectivity index (χ2n) is 7.11. The number of aromatic nitrogens is 4. The van der Waals surface area contributed by atoms with Crippen LogP contribution in [0.2, 0.25) is 0 Å². The van der Waals surface area contributed by atoms with Gasteiger partial charge in [0.1, 0.15) is 11.9 Å². The van der Waals surface area contributed by atoms with E-state index in [1.807, 2.05) is 20.8 Å². The first kappa shape index (κ1) is 19.6. The Kier molecular flexibility index (Phi) is 5.66. The molecule has 0 aromatic carbocycles. The van der Waals surface area contributed by atoms with Crippen LogP contribution in [0.3, 0.4) is 0 Å². The standard InChI is InChI=1S/C17H26N6O3S/c1-4-23-16(7-8-19-23)22-9-5-6-14(17(22)24)20-27(25,26)15-11-21(12-18-15)10-13(2)3/h7-8,11-14,20H,4-6,9-10H2,1-3H3/t14-/m0/s1. The highest BCUT2D eigenvalue weighted by atomic mass is 32.2. The Hall–Kier alpha value is -2.20. The first-order chi connectivity index (χ1) is 12.8. The number of hydrogen-bond acceptors (Lipinski definition) is 5. The van der Waals surface area contributed by atoms with Gasteiger partial charge in [0, 0.05) is 31.9 Å². The summed E-state index contributed by atoms with van der Waals surface area (Å²) in [6.45, 7) is 7.89. The van der Waals surface area contributed by atoms with Crippen molar-refractivity contribution in [2.45, 2.75) is 57.8 Å². The van der Waals surface area contributed by atoms with Gasteiger partial charge in [-0.3, -0.25) is 9.69 Å². The zero-order valence-electron chi connectivity index (χ0n) is 15.9. The van der Waals surface area contributed by atoms with E-state index in [0.717, 1.165) is 0 Å². The van der Waals surface area contributed by atoms with Crippen molar-refractivity contribution in [1.29, 1.82) is 0 Å². The number of aryl methyl sites for hydroxylation is 1. The summed E-state index contributed by atoms with van der Waals surface area (Å²) in [7, 11) is -3.87. The molecule has 0 radical (unpaired) electrons. The van der Waals surface area contributed by atoms with Crippen molar-refractivity contribution in [1.82, 2.24) is 24.1 Å². The third-order valence-corrected chi connectivity index (χ3v) is 5.82. The van der Waals surface area contributed by atoms with E-state index in [2.05, 4.69) is 14.8 Å². The van der Waals surface area contributed by atoms with Gasteiger partial charge in [-0.05, 0) is 25.7 Å². The smallest absolute Gasteiger partial charge is 0.260 e. The molecule has 0 spiro atoms. The molecular formula is C17H26N6O3S. The highest BCUT2D eigenvalue weighted by molar-refractivity contribution is 7.89. The first-order valence-corrected chi connectivity index (χ1v) is 10.7. The van der Waals surface area contributed by atoms with Crippen molar-refractivity contribution in [3.05, 3.63) is 24.8 Å². The summed E-state index contributed by atoms with van der Waals surface area (Å²) in [5, 5.41) is 4.13. The van der Waals surface area contributed by atoms with Gasteiger partial charge in [0.05, 0.1) is 12.5 Å². The van der Waals surface area contributed by atoms with Crippen molar-refractivity contribution in [3.8, 4) is 0 Å². The Bertz CT molecular complexity index is 901. The lowest BCUT2D eigenvalue weighted by atomic mass is 10.1. The Labute approximate surface area is 159 Å². The molecule has 1 aliphatic rings. The maximum Gasteiger partial charge on any atom is 0.260 e. The van der Waals surface area contributed by atoms with Gasteiger partial charge in [-0.15, -0.1) is 0 Å². The quantitative estimate of drug-likeness (QED) is 0.761. The molecule has 1 N–H and O–H groups in total. The summed E-state index contributed by atoms with van der Waals surface area (Å²) in [5.74, 6) is 0.800. The number of amides is 1. The lowest BCUT2D eigenvalue weighted by Crippen LogP contribution is -2.52. The van der Waals surface area contributed by atoms with Crippen LogP contribution < -0.4 is 9.62 Å². The Morgan fingerprint density at radius 3 is 2.85 bits per heavy atom. The molecular weight excluding hydrogens is 368 g/mol. The number of anilines is 1. The third kappa shape index (κ3) is 4.22. The molecule has 1 fully saturated rings. The van der Waals surface area contributed by atoms with Gasteiger partial charge in [-0.25, -0.2) is 18.1 Å². The fourth-order valence-corrected chi connectivity index (χ4v) is 4.43. The number of imidazole rings is 1. The van der Waals surface area contributed by atoms with E-state index in [4.69, 9.17) is 0 Å². The molecule has 9 nitrogen and oxygen atoms in total. The maximum atomic E-state index is 12.9. The van der Waals surface area contributed by atoms with Crippen LogP contribution in [-0.4, -0.2) is 46.2 Å². The minimum Gasteiger partial charge on any atom is -0.336 e. The number of hydrogen-bond donors (Lipinski definition) is 1. The van der Waals surface area contributed by atoms with Crippen molar-refractivity contribution >= 4 is 21.7 Å². The highest BCUT2D eigenvalue weighted by Gasteiger charge is 2.34. The van der Waals surface area contributed by atoms with Crippen LogP contribution >= 0.6 is 0 Å². The van der Waals surface area contributed by atoms with Crippen LogP contribution in [0.25, 0.3) is 0 Å². The van der Waals surface area contributed by atoms with Gasteiger partial charge in [0.25, 0.3) is 10.0 Å². The number of carbonyl (C=O) groups is 1. The summed E-state index contributed by atoms with van der Waals surface area (Å²) in [6.07, 6.45) is 5.81. The Morgan fingerprint density at radius 2 is 2.15 bits per heavy atom. The van der Waals surface area contributed by atoms with Crippen molar-refractivity contribution in [2.75, 3.05) is 11.4 Å². The number of nitrogens with one attached hydrogen (secondary N) is 1. The maximum absolute atomic E-state index is 12.9. The van der Waals surface area contributed by atoms with E-state index >= 15 is 0 Å². The van der Waals surface area contributed by atoms with Crippen LogP contribution in [0.5, 0.6) is 0 Å². The number of sulfonamides is 1. The van der Waals surface area contributed by atoms with Crippen molar-refractivity contribution in [3.63, 3.8) is 0 Å². The molecule has 0 unspecified atom stereocenters. The molecule has 3 heterocycles. The molecule has 2 aromatic heterocycles. The molecule has 1 atom stereocenters. The van der Waals surface area contributed by atoms with Gasteiger partial charge < -0.3 is 4.57 Å². The topological polar surface area (TPSA) is 102 Å². The fraction of sp³-hybridized carbons (Fsp3) is 0.588. The zero-order valence-corrected chi connectivity index (χ0v) is 16.7. The Morgan fingerprint density at radius 1 is 1.37 bits per heavy atom. The monoisotopic (exact) mass is 394 g/mol. The first-order valence-electron chi connectivity index (χ1n) is 9.19. The van der Waals surface area contributed by atoms with Gasteiger partial charge >= 0.3 is 0 Å². The van der Waals surface area contributed by atoms with E-state index in [9.17, 15) is 13.2 Å². The molecule has 2 aromatic rings. The minimum atomic E-state index is -3.87. The lowest BCUT2D eigenvalue weighted by molar-refractivity contribution is -0.121. The second-order valence-corrected chi connectivity index (χ2v) is 8.77. The minimum absolute atomic E-state index is 0.0633. The summed E-state index contributed by atoms with van der Waals surface area (Å²) in [4.78, 5) is 18.5. The summed E-state index contributed by atoms with van der Waals surface area (Å²) in [6, 6.07) is 0.963. The highest BCUT2D eigenvalue weighted by Crippen LogP contribution is 2.22. The molecule has 3 rings (SSSR count). The predicted octanol–water partition coefficient (Wildman–Crippen LogP) is 1.23. The van der Waals surface area contributed by atoms with Crippen LogP contribution in [0.15, 0.2) is 29.8 Å². The zero-order chi connectivity index (χ0) is 19.6. The summed E-state index contributed by atoms with van der Waals surface area (Å²) in [5.41, 5.74) is 0. The third-order valence-electron chi connectivity index (χ3n) is 4.47. The van der Waals surface area contributed by atoms with Crippen LogP contribution in [0, 0.1) is 5.92 Å². The Balaban J connectivity index is 1.76. The van der Waals surface area contributed by atoms with Gasteiger partial charge in [-0.1, -0.05) is 13.8 Å². The lowest BCUT2D eigenvalue weighted by Gasteiger charge is -2.32. The average molecular weight is 395 g/mol. The molecule has 27 heavy (non-hydrogen) atoms. The van der Waals surface area contributed by atoms with E-state index in [-0.39, 0.29) is 10.9 Å². The number of piperidine rings is 1. The molecule has 0 aliphatic carbocycles. The molecule has 148 valence electrons. The second kappa shape index (κ2) is 7.81. The van der Waals surface area contributed by atoms with Gasteiger partial charge in [0.15, 0.2) is 5.03 Å². The number of rotatable bonds is 7.